The summed E-state index contributed by atoms with van der Waals surface area (Å²) in [6.07, 6.45) is 6.03. The van der Waals surface area contributed by atoms with Crippen molar-refractivity contribution in [3.8, 4) is 0 Å². The van der Waals surface area contributed by atoms with E-state index in [0.29, 0.717) is 0 Å². The fraction of sp³-hybridized carbons (Fsp3) is 0.571. The molecular weight excluding hydrogens is 337 g/mol. The maximum atomic E-state index is 11.5. The molecule has 7 nitrogen and oxygen atoms in total. The predicted octanol–water partition coefficient (Wildman–Crippen LogP) is 1.20. The number of esters is 2. The fourth-order valence-corrected chi connectivity index (χ4v) is 2.21. The third-order valence-corrected chi connectivity index (χ3v) is 3.50. The molecule has 0 aliphatic rings. The summed E-state index contributed by atoms with van der Waals surface area (Å²) < 4.78 is 37.3. The van der Waals surface area contributed by atoms with Crippen LogP contribution in [0.4, 0.5) is 0 Å². The summed E-state index contributed by atoms with van der Waals surface area (Å²) >= 11 is 0. The van der Waals surface area contributed by atoms with Gasteiger partial charge in [0.1, 0.15) is 0 Å². The Kier molecular flexibility index (Phi) is 15.5. The Morgan fingerprint density at radius 2 is 1.39 bits per heavy atom. The number of hydrogen-bond donors (Lipinski definition) is 0. The zero-order valence-corrected chi connectivity index (χ0v) is 15.8. The molecule has 0 aromatic carbocycles. The third kappa shape index (κ3) is 15.8. The van der Waals surface area contributed by atoms with Gasteiger partial charge in [-0.3, -0.25) is 4.18 Å². The van der Waals surface area contributed by atoms with E-state index in [-0.39, 0.29) is 64.3 Å². The molecule has 0 heterocycles. The summed E-state index contributed by atoms with van der Waals surface area (Å²) in [6, 6.07) is 0. The standard InChI is InChI=1S/C14H22O7S.Mg.2H/c1-3-7-13(15)19-9-5-11-21-22(17,18)12-6-10-20-14(16)8-4-2;;;/h3-4,7-8H,5-6,9-12H2,1-2H3;;;/q;+2;2*-1. The van der Waals surface area contributed by atoms with Gasteiger partial charge in [-0.15, -0.1) is 0 Å². The van der Waals surface area contributed by atoms with Crippen molar-refractivity contribution in [3.05, 3.63) is 24.3 Å². The first kappa shape index (κ1) is 24.3. The average molecular weight is 361 g/mol. The Morgan fingerprint density at radius 3 is 1.87 bits per heavy atom. The molecule has 23 heavy (non-hydrogen) atoms. The normalized spacial score (nSPS) is 11.4. The van der Waals surface area contributed by atoms with Gasteiger partial charge in [0.25, 0.3) is 10.1 Å². The first-order valence-electron chi connectivity index (χ1n) is 6.87. The molecule has 0 aromatic heterocycles. The van der Waals surface area contributed by atoms with Crippen LogP contribution >= 0.6 is 0 Å². The second kappa shape index (κ2) is 14.7. The van der Waals surface area contributed by atoms with Gasteiger partial charge in [-0.2, -0.15) is 8.42 Å². The van der Waals surface area contributed by atoms with E-state index in [1.165, 1.54) is 18.2 Å². The van der Waals surface area contributed by atoms with Crippen molar-refractivity contribution in [2.75, 3.05) is 25.6 Å². The number of allylic oxidation sites excluding steroid dienone is 2. The van der Waals surface area contributed by atoms with Crippen molar-refractivity contribution in [1.29, 1.82) is 0 Å². The molecule has 0 spiro atoms. The molecule has 0 aliphatic carbocycles. The molecule has 0 atom stereocenters. The Bertz CT molecular complexity index is 507. The third-order valence-electron chi connectivity index (χ3n) is 2.18. The topological polar surface area (TPSA) is 96.0 Å². The Balaban J connectivity index is -0.000000735. The second-order valence-electron chi connectivity index (χ2n) is 4.13. The largest absolute Gasteiger partial charge is 2.00 e. The summed E-state index contributed by atoms with van der Waals surface area (Å²) in [5.41, 5.74) is 0. The van der Waals surface area contributed by atoms with E-state index in [1.54, 1.807) is 19.9 Å². The summed E-state index contributed by atoms with van der Waals surface area (Å²) in [6.45, 7) is 3.39. The molecule has 0 radical (unpaired) electrons. The van der Waals surface area contributed by atoms with Gasteiger partial charge in [0, 0.05) is 18.6 Å². The van der Waals surface area contributed by atoms with E-state index >= 15 is 0 Å². The number of carbonyl (C=O) groups excluding carboxylic acids is 2. The van der Waals surface area contributed by atoms with E-state index in [2.05, 4.69) is 0 Å². The van der Waals surface area contributed by atoms with Crippen LogP contribution in [0, 0.1) is 0 Å². The summed E-state index contributed by atoms with van der Waals surface area (Å²) in [4.78, 5) is 21.9. The quantitative estimate of drug-likeness (QED) is 0.179. The van der Waals surface area contributed by atoms with Crippen molar-refractivity contribution < 1.29 is 34.5 Å². The first-order valence-corrected chi connectivity index (χ1v) is 8.45. The van der Waals surface area contributed by atoms with Gasteiger partial charge in [-0.25, -0.2) is 9.59 Å². The maximum absolute atomic E-state index is 11.5. The Morgan fingerprint density at radius 1 is 0.913 bits per heavy atom. The van der Waals surface area contributed by atoms with Crippen LogP contribution in [0.25, 0.3) is 0 Å². The zero-order valence-electron chi connectivity index (χ0n) is 15.5. The first-order chi connectivity index (χ1) is 10.4. The molecule has 0 aliphatic heterocycles. The predicted molar refractivity (Wildman–Crippen MR) is 88.5 cm³/mol. The van der Waals surface area contributed by atoms with Gasteiger partial charge in [0.2, 0.25) is 0 Å². The molecule has 9 heteroatoms. The second-order valence-corrected chi connectivity index (χ2v) is 5.89. The van der Waals surface area contributed by atoms with E-state index in [4.69, 9.17) is 13.7 Å². The minimum atomic E-state index is -3.67. The summed E-state index contributed by atoms with van der Waals surface area (Å²) in [5.74, 6) is -1.23. The van der Waals surface area contributed by atoms with Crippen LogP contribution in [0.1, 0.15) is 29.5 Å². The van der Waals surface area contributed by atoms with Gasteiger partial charge in [0.05, 0.1) is 25.6 Å². The molecule has 0 fully saturated rings. The zero-order chi connectivity index (χ0) is 16.8. The number of ether oxygens (including phenoxy) is 2. The van der Waals surface area contributed by atoms with Crippen LogP contribution in [-0.2, 0) is 33.4 Å². The van der Waals surface area contributed by atoms with Gasteiger partial charge in [0.15, 0.2) is 0 Å². The molecule has 0 saturated carbocycles. The summed E-state index contributed by atoms with van der Waals surface area (Å²) in [7, 11) is -3.67. The maximum Gasteiger partial charge on any atom is 2.00 e. The van der Waals surface area contributed by atoms with Crippen LogP contribution in [0.15, 0.2) is 24.3 Å². The number of hydrogen-bond acceptors (Lipinski definition) is 7. The van der Waals surface area contributed by atoms with Crippen LogP contribution in [0.3, 0.4) is 0 Å². The van der Waals surface area contributed by atoms with Gasteiger partial charge >= 0.3 is 35.0 Å². The van der Waals surface area contributed by atoms with Crippen molar-refractivity contribution in [2.45, 2.75) is 26.7 Å². The Labute approximate surface area is 156 Å². The monoisotopic (exact) mass is 360 g/mol. The molecule has 0 saturated heterocycles. The van der Waals surface area contributed by atoms with Crippen LogP contribution < -0.4 is 0 Å². The van der Waals surface area contributed by atoms with Crippen LogP contribution in [0.5, 0.6) is 0 Å². The molecule has 130 valence electrons. The minimum Gasteiger partial charge on any atom is -1.00 e. The molecule has 0 N–H and O–H groups in total. The average Bonchev–Trinajstić information content (AvgIpc) is 2.44. The molecule has 0 unspecified atom stereocenters. The van der Waals surface area contributed by atoms with E-state index < -0.39 is 22.1 Å². The molecule has 0 amide bonds. The van der Waals surface area contributed by atoms with Gasteiger partial charge in [-0.05, 0) is 20.3 Å². The molecule has 0 bridgehead atoms. The van der Waals surface area contributed by atoms with E-state index in [1.807, 2.05) is 0 Å². The summed E-state index contributed by atoms with van der Waals surface area (Å²) in [5, 5.41) is 0. The minimum absolute atomic E-state index is 0. The van der Waals surface area contributed by atoms with Gasteiger partial charge in [-0.1, -0.05) is 12.2 Å². The SMILES string of the molecule is CC=CC(=O)OCCCOS(=O)(=O)CCCOC(=O)C=CC.[H-].[H-].[Mg+2]. The van der Waals surface area contributed by atoms with Gasteiger partial charge < -0.3 is 12.3 Å². The molecular formula is C14H24MgO7S. The Hall–Kier alpha value is -0.904. The van der Waals surface area contributed by atoms with Crippen molar-refractivity contribution in [2.24, 2.45) is 0 Å². The smallest absolute Gasteiger partial charge is 1.00 e. The fourth-order valence-electron chi connectivity index (χ4n) is 1.25. The van der Waals surface area contributed by atoms with E-state index in [9.17, 15) is 18.0 Å². The van der Waals surface area contributed by atoms with Crippen LogP contribution in [-0.4, -0.2) is 69.0 Å². The number of rotatable bonds is 11. The molecule has 0 rings (SSSR count). The van der Waals surface area contributed by atoms with Crippen molar-refractivity contribution in [1.82, 2.24) is 0 Å². The molecule has 0 aromatic rings. The van der Waals surface area contributed by atoms with Crippen molar-refractivity contribution in [3.63, 3.8) is 0 Å². The van der Waals surface area contributed by atoms with Crippen molar-refractivity contribution >= 4 is 45.1 Å². The number of carbonyl (C=O) groups is 2. The van der Waals surface area contributed by atoms with Crippen LogP contribution in [0.2, 0.25) is 0 Å². The van der Waals surface area contributed by atoms with E-state index in [0.717, 1.165) is 0 Å².